The number of nitrogens with zero attached hydrogens (tertiary/aromatic N) is 6. The van der Waals surface area contributed by atoms with E-state index in [0.717, 1.165) is 25.9 Å². The number of hydrogen-bond acceptors (Lipinski definition) is 7. The van der Waals surface area contributed by atoms with Crippen LogP contribution in [0.15, 0.2) is 41.3 Å². The van der Waals surface area contributed by atoms with E-state index in [9.17, 15) is 10.1 Å². The van der Waals surface area contributed by atoms with Crippen molar-refractivity contribution in [3.05, 3.63) is 51.9 Å². The van der Waals surface area contributed by atoms with Crippen molar-refractivity contribution in [2.75, 3.05) is 25.0 Å². The summed E-state index contributed by atoms with van der Waals surface area (Å²) in [5.74, 6) is 0.419. The topological polar surface area (TPSA) is 111 Å². The molecule has 0 bridgehead atoms. The van der Waals surface area contributed by atoms with Gasteiger partial charge in [-0.3, -0.25) is 14.3 Å². The van der Waals surface area contributed by atoms with Crippen molar-refractivity contribution in [3.63, 3.8) is 0 Å². The summed E-state index contributed by atoms with van der Waals surface area (Å²) in [6.07, 6.45) is 3.40. The number of likely N-dealkylation sites (tertiary alicyclic amines) is 1. The van der Waals surface area contributed by atoms with E-state index in [1.165, 1.54) is 4.57 Å². The second-order valence-corrected chi connectivity index (χ2v) is 7.82. The van der Waals surface area contributed by atoms with E-state index < -0.39 is 0 Å². The van der Waals surface area contributed by atoms with Crippen molar-refractivity contribution in [3.8, 4) is 23.3 Å². The molecular weight excluding hydrogens is 414 g/mol. The van der Waals surface area contributed by atoms with Crippen molar-refractivity contribution >= 4 is 28.6 Å². The van der Waals surface area contributed by atoms with Gasteiger partial charge in [-0.2, -0.15) is 15.5 Å². The van der Waals surface area contributed by atoms with Crippen LogP contribution < -0.4 is 10.9 Å². The molecule has 1 aliphatic rings. The van der Waals surface area contributed by atoms with Crippen molar-refractivity contribution in [2.45, 2.75) is 25.4 Å². The van der Waals surface area contributed by atoms with Crippen LogP contribution in [-0.2, 0) is 6.54 Å². The number of rotatable bonds is 5. The molecular formula is C22H20ClN7O. The van der Waals surface area contributed by atoms with Gasteiger partial charge in [0.1, 0.15) is 12.2 Å². The minimum atomic E-state index is -0.323. The molecule has 0 atom stereocenters. The molecule has 9 heteroatoms. The van der Waals surface area contributed by atoms with Gasteiger partial charge >= 0.3 is 0 Å². The van der Waals surface area contributed by atoms with Crippen LogP contribution in [0.4, 0.5) is 5.95 Å². The van der Waals surface area contributed by atoms with Gasteiger partial charge < -0.3 is 5.32 Å². The first kappa shape index (κ1) is 20.8. The van der Waals surface area contributed by atoms with E-state index >= 15 is 0 Å². The molecule has 3 aromatic rings. The first-order chi connectivity index (χ1) is 15.1. The summed E-state index contributed by atoms with van der Waals surface area (Å²) in [5.41, 5.74) is 1.09. The molecule has 0 unspecified atom stereocenters. The van der Waals surface area contributed by atoms with E-state index in [-0.39, 0.29) is 18.1 Å². The van der Waals surface area contributed by atoms with Crippen LogP contribution in [0.1, 0.15) is 12.8 Å². The molecule has 1 aliphatic heterocycles. The third-order valence-corrected chi connectivity index (χ3v) is 5.76. The van der Waals surface area contributed by atoms with Gasteiger partial charge in [-0.05, 0) is 25.0 Å². The third kappa shape index (κ3) is 4.36. The number of aromatic nitrogens is 3. The lowest BCUT2D eigenvalue weighted by molar-refractivity contribution is 0.242. The number of nitrogens with one attached hydrogen (secondary N) is 1. The fourth-order valence-electron chi connectivity index (χ4n) is 3.84. The molecule has 31 heavy (non-hydrogen) atoms. The maximum Gasteiger partial charge on any atom is 0.261 e. The second kappa shape index (κ2) is 9.13. The van der Waals surface area contributed by atoms with Crippen molar-refractivity contribution in [1.29, 1.82) is 10.5 Å². The predicted octanol–water partition coefficient (Wildman–Crippen LogP) is 3.04. The Kier molecular flexibility index (Phi) is 6.13. The van der Waals surface area contributed by atoms with Gasteiger partial charge in [0, 0.05) is 46.9 Å². The van der Waals surface area contributed by atoms with Gasteiger partial charge in [0.2, 0.25) is 5.95 Å². The Hall–Kier alpha value is -3.46. The third-order valence-electron chi connectivity index (χ3n) is 5.43. The van der Waals surface area contributed by atoms with Gasteiger partial charge in [-0.15, -0.1) is 0 Å². The molecule has 1 saturated heterocycles. The fourth-order valence-corrected chi connectivity index (χ4v) is 4.07. The normalized spacial score (nSPS) is 14.8. The van der Waals surface area contributed by atoms with Crippen LogP contribution in [0, 0.1) is 22.7 Å². The number of hydrogen-bond donors (Lipinski definition) is 1. The molecule has 8 nitrogen and oxygen atoms in total. The quantitative estimate of drug-likeness (QED) is 0.615. The van der Waals surface area contributed by atoms with Crippen LogP contribution in [0.25, 0.3) is 22.2 Å². The summed E-state index contributed by atoms with van der Waals surface area (Å²) in [4.78, 5) is 24.3. The summed E-state index contributed by atoms with van der Waals surface area (Å²) < 4.78 is 1.36. The molecule has 2 aromatic heterocycles. The zero-order valence-corrected chi connectivity index (χ0v) is 17.5. The molecule has 1 aromatic carbocycles. The summed E-state index contributed by atoms with van der Waals surface area (Å²) in [6.45, 7) is 1.97. The lowest BCUT2D eigenvalue weighted by Gasteiger charge is -2.30. The van der Waals surface area contributed by atoms with E-state index in [4.69, 9.17) is 16.9 Å². The Labute approximate surface area is 184 Å². The van der Waals surface area contributed by atoms with Crippen LogP contribution in [0.2, 0.25) is 5.02 Å². The number of piperidine rings is 1. The van der Waals surface area contributed by atoms with E-state index in [1.807, 2.05) is 12.1 Å². The highest BCUT2D eigenvalue weighted by molar-refractivity contribution is 6.33. The molecule has 0 radical (unpaired) electrons. The molecule has 1 N–H and O–H groups in total. The first-order valence-electron chi connectivity index (χ1n) is 9.99. The number of nitriles is 2. The molecule has 4 rings (SSSR count). The standard InChI is InChI=1S/C22H20ClN7O/c23-19-4-2-1-3-17(19)18-13-15-14-26-22(28-20(15)30(12-8-25)21(18)31)27-16-5-9-29(10-6-16)11-7-24/h1-4,13-14,16H,5-6,9-12H2,(H,26,27,28). The van der Waals surface area contributed by atoms with E-state index in [0.29, 0.717) is 39.7 Å². The Morgan fingerprint density at radius 2 is 1.87 bits per heavy atom. The zero-order chi connectivity index (χ0) is 21.8. The van der Waals surface area contributed by atoms with Crippen LogP contribution in [0.3, 0.4) is 0 Å². The summed E-state index contributed by atoms with van der Waals surface area (Å²) >= 11 is 6.30. The number of pyridine rings is 1. The van der Waals surface area contributed by atoms with Gasteiger partial charge in [0.05, 0.1) is 18.7 Å². The van der Waals surface area contributed by atoms with E-state index in [1.54, 1.807) is 30.5 Å². The zero-order valence-electron chi connectivity index (χ0n) is 16.8. The molecule has 0 amide bonds. The van der Waals surface area contributed by atoms with Gasteiger partial charge in [0.25, 0.3) is 5.56 Å². The molecule has 0 saturated carbocycles. The van der Waals surface area contributed by atoms with Crippen molar-refractivity contribution in [2.24, 2.45) is 0 Å². The Morgan fingerprint density at radius 3 is 2.58 bits per heavy atom. The largest absolute Gasteiger partial charge is 0.351 e. The number of fused-ring (bicyclic) bond motifs is 1. The highest BCUT2D eigenvalue weighted by atomic mass is 35.5. The highest BCUT2D eigenvalue weighted by Crippen LogP contribution is 2.27. The lowest BCUT2D eigenvalue weighted by Crippen LogP contribution is -2.39. The van der Waals surface area contributed by atoms with Gasteiger partial charge in [-0.1, -0.05) is 29.8 Å². The monoisotopic (exact) mass is 433 g/mol. The molecule has 3 heterocycles. The SMILES string of the molecule is N#CCN1CCC(Nc2ncc3cc(-c4ccccc4Cl)c(=O)n(CC#N)c3n2)CC1. The molecule has 1 fully saturated rings. The Balaban J connectivity index is 1.68. The maximum atomic E-state index is 13.2. The first-order valence-corrected chi connectivity index (χ1v) is 10.4. The Bertz CT molecular complexity index is 1250. The van der Waals surface area contributed by atoms with Crippen LogP contribution in [0.5, 0.6) is 0 Å². The summed E-state index contributed by atoms with van der Waals surface area (Å²) in [7, 11) is 0. The maximum absolute atomic E-state index is 13.2. The minimum Gasteiger partial charge on any atom is -0.351 e. The van der Waals surface area contributed by atoms with Crippen LogP contribution in [-0.4, -0.2) is 45.1 Å². The molecule has 0 spiro atoms. The van der Waals surface area contributed by atoms with Gasteiger partial charge in [-0.25, -0.2) is 4.98 Å². The highest BCUT2D eigenvalue weighted by Gasteiger charge is 2.20. The molecule has 156 valence electrons. The van der Waals surface area contributed by atoms with Gasteiger partial charge in [0.15, 0.2) is 0 Å². The number of anilines is 1. The minimum absolute atomic E-state index is 0.128. The Morgan fingerprint density at radius 1 is 1.13 bits per heavy atom. The molecule has 0 aliphatic carbocycles. The van der Waals surface area contributed by atoms with E-state index in [2.05, 4.69) is 26.3 Å². The smallest absolute Gasteiger partial charge is 0.261 e. The number of halogens is 1. The second-order valence-electron chi connectivity index (χ2n) is 7.41. The fraction of sp³-hybridized carbons (Fsp3) is 0.318. The number of benzene rings is 1. The summed E-state index contributed by atoms with van der Waals surface area (Å²) in [6, 6.07) is 13.2. The van der Waals surface area contributed by atoms with Crippen LogP contribution >= 0.6 is 11.6 Å². The summed E-state index contributed by atoms with van der Waals surface area (Å²) in [5, 5.41) is 22.6. The lowest BCUT2D eigenvalue weighted by atomic mass is 10.1. The average molecular weight is 434 g/mol. The van der Waals surface area contributed by atoms with Crippen molar-refractivity contribution in [1.82, 2.24) is 19.4 Å². The predicted molar refractivity (Wildman–Crippen MR) is 119 cm³/mol. The average Bonchev–Trinajstić information content (AvgIpc) is 2.78. The van der Waals surface area contributed by atoms with Crippen molar-refractivity contribution < 1.29 is 0 Å².